The molecule has 0 spiro atoms. The molecule has 0 aliphatic carbocycles. The van der Waals surface area contributed by atoms with Crippen LogP contribution >= 0.6 is 11.8 Å². The number of carbonyl (C=O) groups is 1. The highest BCUT2D eigenvalue weighted by Gasteiger charge is 2.26. The summed E-state index contributed by atoms with van der Waals surface area (Å²) in [6.45, 7) is 10.7. The Hall–Kier alpha value is -1.62. The number of nitrogens with zero attached hydrogens (tertiary/aromatic N) is 2. The molecule has 0 atom stereocenters. The lowest BCUT2D eigenvalue weighted by atomic mass is 9.82. The smallest absolute Gasteiger partial charge is 0.230 e. The predicted octanol–water partition coefficient (Wildman–Crippen LogP) is 4.05. The van der Waals surface area contributed by atoms with Crippen LogP contribution in [0.4, 0.5) is 0 Å². The summed E-state index contributed by atoms with van der Waals surface area (Å²) in [5, 5.41) is 4.96. The van der Waals surface area contributed by atoms with Gasteiger partial charge in [0, 0.05) is 10.9 Å². The molecule has 2 rings (SSSR count). The van der Waals surface area contributed by atoms with E-state index in [1.807, 2.05) is 24.3 Å². The number of hydrogen-bond acceptors (Lipinski definition) is 4. The van der Waals surface area contributed by atoms with Gasteiger partial charge in [0.2, 0.25) is 5.91 Å². The Bertz CT molecular complexity index is 687. The van der Waals surface area contributed by atoms with Gasteiger partial charge in [-0.3, -0.25) is 4.79 Å². The van der Waals surface area contributed by atoms with Crippen LogP contribution in [-0.2, 0) is 4.79 Å². The van der Waals surface area contributed by atoms with E-state index in [1.165, 1.54) is 11.8 Å². The minimum atomic E-state index is -0.219. The van der Waals surface area contributed by atoms with Gasteiger partial charge in [-0.05, 0) is 31.7 Å². The zero-order valence-electron chi connectivity index (χ0n) is 14.5. The van der Waals surface area contributed by atoms with Crippen LogP contribution in [0.15, 0.2) is 35.6 Å². The standard InChI is InChI=1S/C18H25N3OS/c1-17(2,3)11-18(4,5)21-15(22)10-23-16-13-8-6-7-9-14(13)19-12-20-16/h6-9,12H,10-11H2,1-5H3,(H,21,22). The average molecular weight is 331 g/mol. The largest absolute Gasteiger partial charge is 0.350 e. The maximum atomic E-state index is 12.3. The summed E-state index contributed by atoms with van der Waals surface area (Å²) in [5.74, 6) is 0.390. The van der Waals surface area contributed by atoms with Crippen LogP contribution in [0.1, 0.15) is 41.0 Å². The van der Waals surface area contributed by atoms with Crippen LogP contribution in [0.2, 0.25) is 0 Å². The van der Waals surface area contributed by atoms with E-state index in [0.717, 1.165) is 22.3 Å². The van der Waals surface area contributed by atoms with Gasteiger partial charge in [0.25, 0.3) is 0 Å². The highest BCUT2D eigenvalue weighted by Crippen LogP contribution is 2.27. The van der Waals surface area contributed by atoms with Gasteiger partial charge >= 0.3 is 0 Å². The summed E-state index contributed by atoms with van der Waals surface area (Å²) in [6.07, 6.45) is 2.47. The molecule has 0 saturated heterocycles. The van der Waals surface area contributed by atoms with Crippen molar-refractivity contribution >= 4 is 28.6 Å². The Morgan fingerprint density at radius 3 is 2.52 bits per heavy atom. The number of hydrogen-bond donors (Lipinski definition) is 1. The highest BCUT2D eigenvalue weighted by molar-refractivity contribution is 8.00. The maximum absolute atomic E-state index is 12.3. The van der Waals surface area contributed by atoms with E-state index in [1.54, 1.807) is 6.33 Å². The molecular weight excluding hydrogens is 306 g/mol. The third-order valence-electron chi connectivity index (χ3n) is 3.30. The molecule has 1 N–H and O–H groups in total. The molecule has 124 valence electrons. The number of thioether (sulfide) groups is 1. The van der Waals surface area contributed by atoms with Gasteiger partial charge < -0.3 is 5.32 Å². The van der Waals surface area contributed by atoms with E-state index in [9.17, 15) is 4.79 Å². The fourth-order valence-electron chi connectivity index (χ4n) is 3.01. The van der Waals surface area contributed by atoms with Crippen molar-refractivity contribution in [3.05, 3.63) is 30.6 Å². The first-order chi connectivity index (χ1) is 10.7. The molecule has 23 heavy (non-hydrogen) atoms. The quantitative estimate of drug-likeness (QED) is 0.663. The van der Waals surface area contributed by atoms with E-state index in [0.29, 0.717) is 5.75 Å². The Morgan fingerprint density at radius 2 is 1.83 bits per heavy atom. The summed E-state index contributed by atoms with van der Waals surface area (Å²) in [5.41, 5.74) is 0.856. The number of aromatic nitrogens is 2. The first-order valence-electron chi connectivity index (χ1n) is 7.80. The van der Waals surface area contributed by atoms with Crippen molar-refractivity contribution in [2.75, 3.05) is 5.75 Å². The van der Waals surface area contributed by atoms with Gasteiger partial charge in [0.15, 0.2) is 0 Å². The molecule has 1 amide bonds. The second-order valence-electron chi connectivity index (χ2n) is 7.65. The van der Waals surface area contributed by atoms with E-state index in [-0.39, 0.29) is 16.9 Å². The van der Waals surface area contributed by atoms with Crippen LogP contribution < -0.4 is 5.32 Å². The monoisotopic (exact) mass is 331 g/mol. The van der Waals surface area contributed by atoms with Crippen LogP contribution in [0.3, 0.4) is 0 Å². The fraction of sp³-hybridized carbons (Fsp3) is 0.500. The summed E-state index contributed by atoms with van der Waals surface area (Å²) < 4.78 is 0. The molecule has 0 aliphatic rings. The van der Waals surface area contributed by atoms with E-state index in [2.05, 4.69) is 49.9 Å². The molecule has 1 aromatic carbocycles. The normalized spacial score (nSPS) is 12.4. The van der Waals surface area contributed by atoms with Crippen molar-refractivity contribution in [3.8, 4) is 0 Å². The van der Waals surface area contributed by atoms with Crippen LogP contribution in [0.25, 0.3) is 10.9 Å². The van der Waals surface area contributed by atoms with E-state index < -0.39 is 0 Å². The first-order valence-corrected chi connectivity index (χ1v) is 8.78. The number of benzene rings is 1. The topological polar surface area (TPSA) is 54.9 Å². The molecule has 0 fully saturated rings. The maximum Gasteiger partial charge on any atom is 0.230 e. The molecule has 0 unspecified atom stereocenters. The molecule has 1 aromatic heterocycles. The van der Waals surface area contributed by atoms with Gasteiger partial charge in [0.1, 0.15) is 11.4 Å². The van der Waals surface area contributed by atoms with Crippen LogP contribution in [-0.4, -0.2) is 27.2 Å². The zero-order valence-corrected chi connectivity index (χ0v) is 15.3. The molecular formula is C18H25N3OS. The van der Waals surface area contributed by atoms with E-state index >= 15 is 0 Å². The SMILES string of the molecule is CC(C)(C)CC(C)(C)NC(=O)CSc1ncnc2ccccc12. The Balaban J connectivity index is 1.99. The molecule has 0 bridgehead atoms. The molecule has 0 aliphatic heterocycles. The first kappa shape index (κ1) is 17.7. The van der Waals surface area contributed by atoms with Gasteiger partial charge in [-0.15, -0.1) is 0 Å². The minimum absolute atomic E-state index is 0.0342. The molecule has 0 saturated carbocycles. The number of amides is 1. The molecule has 0 radical (unpaired) electrons. The summed E-state index contributed by atoms with van der Waals surface area (Å²) >= 11 is 1.45. The Kier molecular flexibility index (Phi) is 5.30. The van der Waals surface area contributed by atoms with Crippen molar-refractivity contribution in [2.24, 2.45) is 5.41 Å². The van der Waals surface area contributed by atoms with Gasteiger partial charge in [-0.2, -0.15) is 0 Å². The van der Waals surface area contributed by atoms with Crippen molar-refractivity contribution in [1.29, 1.82) is 0 Å². The van der Waals surface area contributed by atoms with Crippen molar-refractivity contribution in [3.63, 3.8) is 0 Å². The third kappa shape index (κ3) is 5.50. The number of fused-ring (bicyclic) bond motifs is 1. The van der Waals surface area contributed by atoms with Gasteiger partial charge in [-0.25, -0.2) is 9.97 Å². The van der Waals surface area contributed by atoms with E-state index in [4.69, 9.17) is 0 Å². The van der Waals surface area contributed by atoms with Gasteiger partial charge in [-0.1, -0.05) is 50.7 Å². The number of nitrogens with one attached hydrogen (secondary N) is 1. The lowest BCUT2D eigenvalue weighted by Gasteiger charge is -2.33. The summed E-state index contributed by atoms with van der Waals surface area (Å²) in [4.78, 5) is 20.8. The summed E-state index contributed by atoms with van der Waals surface area (Å²) in [7, 11) is 0. The van der Waals surface area contributed by atoms with Crippen molar-refractivity contribution in [1.82, 2.24) is 15.3 Å². The lowest BCUT2D eigenvalue weighted by Crippen LogP contribution is -2.46. The Morgan fingerprint density at radius 1 is 1.13 bits per heavy atom. The number of para-hydroxylation sites is 1. The second-order valence-corrected chi connectivity index (χ2v) is 8.62. The third-order valence-corrected chi connectivity index (χ3v) is 4.30. The predicted molar refractivity (Wildman–Crippen MR) is 96.6 cm³/mol. The zero-order chi connectivity index (χ0) is 17.1. The minimum Gasteiger partial charge on any atom is -0.350 e. The molecule has 2 aromatic rings. The lowest BCUT2D eigenvalue weighted by molar-refractivity contribution is -0.120. The molecule has 4 nitrogen and oxygen atoms in total. The van der Waals surface area contributed by atoms with Crippen molar-refractivity contribution in [2.45, 2.75) is 51.6 Å². The molecule has 5 heteroatoms. The fourth-order valence-corrected chi connectivity index (χ4v) is 3.80. The van der Waals surface area contributed by atoms with Crippen molar-refractivity contribution < 1.29 is 4.79 Å². The molecule has 1 heterocycles. The van der Waals surface area contributed by atoms with Crippen LogP contribution in [0, 0.1) is 5.41 Å². The number of rotatable bonds is 5. The second kappa shape index (κ2) is 6.87. The average Bonchev–Trinajstić information content (AvgIpc) is 2.41. The highest BCUT2D eigenvalue weighted by atomic mass is 32.2. The van der Waals surface area contributed by atoms with Crippen LogP contribution in [0.5, 0.6) is 0 Å². The Labute approximate surface area is 142 Å². The number of carbonyl (C=O) groups excluding carboxylic acids is 1. The van der Waals surface area contributed by atoms with Gasteiger partial charge in [0.05, 0.1) is 11.3 Å². The summed E-state index contributed by atoms with van der Waals surface area (Å²) in [6, 6.07) is 7.85.